The Labute approximate surface area is 246 Å². The molecule has 1 aromatic carbocycles. The van der Waals surface area contributed by atoms with Crippen molar-refractivity contribution < 1.29 is 48.7 Å². The number of nitrogens with two attached hydrogens (primary N) is 1. The van der Waals surface area contributed by atoms with Gasteiger partial charge in [-0.15, -0.1) is 0 Å². The number of ketones is 2. The van der Waals surface area contributed by atoms with E-state index in [9.17, 15) is 39.6 Å². The van der Waals surface area contributed by atoms with Gasteiger partial charge in [-0.2, -0.15) is 0 Å². The van der Waals surface area contributed by atoms with Crippen molar-refractivity contribution in [2.75, 3.05) is 46.2 Å². The molecular formula is C29H35FN4O9. The number of fused-ring (bicyclic) bond motifs is 3. The third kappa shape index (κ3) is 4.69. The molecule has 0 bridgehead atoms. The molecule has 0 saturated carbocycles. The number of benzene rings is 1. The Morgan fingerprint density at radius 1 is 1.26 bits per heavy atom. The Kier molecular flexibility index (Phi) is 7.84. The highest BCUT2D eigenvalue weighted by atomic mass is 19.1. The van der Waals surface area contributed by atoms with Gasteiger partial charge in [0.25, 0.3) is 5.91 Å². The number of anilines is 1. The lowest BCUT2D eigenvalue weighted by atomic mass is 9.58. The number of rotatable bonds is 7. The number of likely N-dealkylation sites (tertiary alicyclic amines) is 1. The summed E-state index contributed by atoms with van der Waals surface area (Å²) >= 11 is 0. The molecular weight excluding hydrogens is 567 g/mol. The molecule has 1 aliphatic heterocycles. The predicted molar refractivity (Wildman–Crippen MR) is 149 cm³/mol. The number of likely N-dealkylation sites (N-methyl/N-ethyl adjacent to an activating group) is 1. The Hall–Kier alpha value is -3.85. The van der Waals surface area contributed by atoms with E-state index >= 15 is 4.39 Å². The van der Waals surface area contributed by atoms with Crippen LogP contribution in [0.2, 0.25) is 0 Å². The quantitative estimate of drug-likeness (QED) is 0.185. The highest BCUT2D eigenvalue weighted by molar-refractivity contribution is 6.25. The zero-order valence-corrected chi connectivity index (χ0v) is 24.0. The van der Waals surface area contributed by atoms with Gasteiger partial charge >= 0.3 is 0 Å². The Morgan fingerprint density at radius 3 is 2.58 bits per heavy atom. The van der Waals surface area contributed by atoms with Crippen molar-refractivity contribution in [2.24, 2.45) is 17.6 Å². The van der Waals surface area contributed by atoms with Crippen LogP contribution in [-0.4, -0.2) is 112 Å². The molecule has 5 atom stereocenters. The van der Waals surface area contributed by atoms with Gasteiger partial charge < -0.3 is 36.2 Å². The number of carbonyl (C=O) groups is 4. The summed E-state index contributed by atoms with van der Waals surface area (Å²) in [5.41, 5.74) is 0.161. The van der Waals surface area contributed by atoms with Gasteiger partial charge in [0, 0.05) is 36.3 Å². The van der Waals surface area contributed by atoms with Crippen LogP contribution in [0.15, 0.2) is 28.7 Å². The molecule has 0 spiro atoms. The van der Waals surface area contributed by atoms with Crippen molar-refractivity contribution in [2.45, 2.75) is 43.4 Å². The SMILES string of the molecule is COC[C@H]1CCCN1CC(=O)Nc1cc(F)c2c(c1O)C(=O)C1=C(O)[C@]3(O)C(=O)C(C(N)=O)=C(O)[C@@H](N(C)C)[C@@H]3C[C@@H]1C2. The lowest BCUT2D eigenvalue weighted by Crippen LogP contribution is -2.63. The van der Waals surface area contributed by atoms with Crippen LogP contribution in [-0.2, 0) is 25.5 Å². The number of halogens is 1. The minimum Gasteiger partial charge on any atom is -0.510 e. The third-order valence-electron chi connectivity index (χ3n) is 9.15. The maximum Gasteiger partial charge on any atom is 0.255 e. The van der Waals surface area contributed by atoms with Gasteiger partial charge in [-0.05, 0) is 52.2 Å². The van der Waals surface area contributed by atoms with Gasteiger partial charge in [-0.3, -0.25) is 29.0 Å². The van der Waals surface area contributed by atoms with Crippen LogP contribution in [0, 0.1) is 17.7 Å². The number of phenolic OH excluding ortho intramolecular Hbond substituents is 1. The highest BCUT2D eigenvalue weighted by Gasteiger charge is 2.63. The lowest BCUT2D eigenvalue weighted by Gasteiger charge is -2.50. The number of nitrogens with zero attached hydrogens (tertiary/aromatic N) is 2. The number of hydrogen-bond acceptors (Lipinski definition) is 11. The maximum atomic E-state index is 15.5. The standard InChI is InChI=1S/C29H35FN4O9/c1-33(2)22-15-8-12-7-14-16(30)9-17(32-18(35)10-34-6-4-5-13(34)11-43-3)23(36)20(14)24(37)19(12)26(39)29(15,42)27(40)21(25(22)38)28(31)41/h9,12-13,15,22,36,38-39,42H,4-8,10-11H2,1-3H3,(H2,31,41)(H,32,35)/t12-,13+,15-,22-,29-/m0/s1. The molecule has 4 aliphatic rings. The second-order valence-electron chi connectivity index (χ2n) is 11.8. The molecule has 0 radical (unpaired) electrons. The van der Waals surface area contributed by atoms with E-state index in [1.165, 1.54) is 19.0 Å². The normalized spacial score (nSPS) is 29.1. The summed E-state index contributed by atoms with van der Waals surface area (Å²) in [5.74, 6) is -9.78. The molecule has 1 aromatic rings. The first kappa shape index (κ1) is 30.6. The molecule has 232 valence electrons. The molecule has 14 heteroatoms. The van der Waals surface area contributed by atoms with Crippen molar-refractivity contribution in [1.29, 1.82) is 0 Å². The molecule has 7 N–H and O–H groups in total. The summed E-state index contributed by atoms with van der Waals surface area (Å²) in [6.45, 7) is 1.03. The first-order valence-electron chi connectivity index (χ1n) is 14.0. The number of aromatic hydroxyl groups is 1. The van der Waals surface area contributed by atoms with E-state index in [-0.39, 0.29) is 36.7 Å². The van der Waals surface area contributed by atoms with Crippen LogP contribution in [0.25, 0.3) is 0 Å². The predicted octanol–water partition coefficient (Wildman–Crippen LogP) is 0.309. The van der Waals surface area contributed by atoms with Crippen LogP contribution in [0.3, 0.4) is 0 Å². The number of phenols is 1. The zero-order valence-electron chi connectivity index (χ0n) is 24.0. The first-order valence-corrected chi connectivity index (χ1v) is 14.0. The number of hydrogen-bond donors (Lipinski definition) is 6. The monoisotopic (exact) mass is 602 g/mol. The number of amides is 2. The minimum atomic E-state index is -2.81. The Bertz CT molecular complexity index is 1490. The summed E-state index contributed by atoms with van der Waals surface area (Å²) < 4.78 is 20.7. The molecule has 0 aromatic heterocycles. The Morgan fingerprint density at radius 2 is 1.95 bits per heavy atom. The molecule has 5 rings (SSSR count). The van der Waals surface area contributed by atoms with E-state index in [0.29, 0.717) is 13.2 Å². The van der Waals surface area contributed by atoms with Gasteiger partial charge in [0.2, 0.25) is 11.7 Å². The van der Waals surface area contributed by atoms with Crippen LogP contribution in [0.4, 0.5) is 10.1 Å². The zero-order chi connectivity index (χ0) is 31.5. The van der Waals surface area contributed by atoms with Crippen LogP contribution < -0.4 is 11.1 Å². The molecule has 1 fully saturated rings. The van der Waals surface area contributed by atoms with Crippen molar-refractivity contribution in [3.8, 4) is 5.75 Å². The highest BCUT2D eigenvalue weighted by Crippen LogP contribution is 2.53. The van der Waals surface area contributed by atoms with Crippen molar-refractivity contribution in [3.05, 3.63) is 45.7 Å². The van der Waals surface area contributed by atoms with Gasteiger partial charge in [0.15, 0.2) is 17.1 Å². The van der Waals surface area contributed by atoms with E-state index in [4.69, 9.17) is 10.5 Å². The van der Waals surface area contributed by atoms with Gasteiger partial charge in [0.05, 0.1) is 30.4 Å². The van der Waals surface area contributed by atoms with Crippen LogP contribution in [0.1, 0.15) is 35.2 Å². The van der Waals surface area contributed by atoms with E-state index < -0.39 is 86.7 Å². The van der Waals surface area contributed by atoms with Crippen molar-refractivity contribution in [1.82, 2.24) is 9.80 Å². The maximum absolute atomic E-state index is 15.5. The van der Waals surface area contributed by atoms with Crippen molar-refractivity contribution in [3.63, 3.8) is 0 Å². The number of aliphatic hydroxyl groups is 3. The first-order chi connectivity index (χ1) is 20.2. The van der Waals surface area contributed by atoms with Crippen molar-refractivity contribution >= 4 is 29.1 Å². The van der Waals surface area contributed by atoms with E-state index in [0.717, 1.165) is 18.9 Å². The molecule has 13 nitrogen and oxygen atoms in total. The van der Waals surface area contributed by atoms with Gasteiger partial charge in [0.1, 0.15) is 22.9 Å². The summed E-state index contributed by atoms with van der Waals surface area (Å²) in [4.78, 5) is 55.5. The average molecular weight is 603 g/mol. The van der Waals surface area contributed by atoms with Gasteiger partial charge in [-0.1, -0.05) is 0 Å². The lowest BCUT2D eigenvalue weighted by molar-refractivity contribution is -0.148. The van der Waals surface area contributed by atoms with E-state index in [1.54, 1.807) is 7.11 Å². The summed E-state index contributed by atoms with van der Waals surface area (Å²) in [5, 5.41) is 47.4. The molecule has 0 unspecified atom stereocenters. The summed E-state index contributed by atoms with van der Waals surface area (Å²) in [7, 11) is 4.59. The Balaban J connectivity index is 1.53. The number of ether oxygens (including phenoxy) is 1. The summed E-state index contributed by atoms with van der Waals surface area (Å²) in [6.07, 6.45) is 1.35. The van der Waals surface area contributed by atoms with Crippen LogP contribution >= 0.6 is 0 Å². The fourth-order valence-electron chi connectivity index (χ4n) is 7.23. The number of aliphatic hydroxyl groups excluding tert-OH is 2. The fraction of sp³-hybridized carbons (Fsp3) is 0.517. The molecule has 43 heavy (non-hydrogen) atoms. The van der Waals surface area contributed by atoms with E-state index in [1.807, 2.05) is 4.90 Å². The number of carbonyl (C=O) groups excluding carboxylic acids is 4. The van der Waals surface area contributed by atoms with Gasteiger partial charge in [-0.25, -0.2) is 4.39 Å². The third-order valence-corrected chi connectivity index (χ3v) is 9.15. The minimum absolute atomic E-state index is 0.0281. The fourth-order valence-corrected chi connectivity index (χ4v) is 7.23. The largest absolute Gasteiger partial charge is 0.510 e. The second kappa shape index (κ2) is 11.0. The van der Waals surface area contributed by atoms with Crippen LogP contribution in [0.5, 0.6) is 5.75 Å². The topological polar surface area (TPSA) is 203 Å². The molecule has 1 saturated heterocycles. The second-order valence-corrected chi connectivity index (χ2v) is 11.8. The molecule has 2 amide bonds. The molecule has 3 aliphatic carbocycles. The number of primary amides is 1. The smallest absolute Gasteiger partial charge is 0.255 e. The number of nitrogens with one attached hydrogen (secondary N) is 1. The van der Waals surface area contributed by atoms with E-state index in [2.05, 4.69) is 5.32 Å². The molecule has 1 heterocycles. The number of methoxy groups -OCH3 is 1. The average Bonchev–Trinajstić information content (AvgIpc) is 3.35. The number of allylic oxidation sites excluding steroid dienone is 1. The summed E-state index contributed by atoms with van der Waals surface area (Å²) in [6, 6.07) is -0.204. The number of Topliss-reactive ketones (excluding diaryl/α,β-unsaturated/α-hetero) is 2.